The number of nitrogens with zero attached hydrogens (tertiary/aromatic N) is 2. The lowest BCUT2D eigenvalue weighted by atomic mass is 9.81. The monoisotopic (exact) mass is 955 g/mol. The van der Waals surface area contributed by atoms with Crippen LogP contribution in [-0.4, -0.2) is 87.9 Å². The SMILES string of the molecule is Cc1c(S(C)(=O)=O)ccc(C(=O)C2C(=O)CCCC2=O)c1Cl.Cc1ccc(C(=O)c2c(C)[nH]n(C)c2=O)c(S(C)(=O)=O)c1.Cc1ccc(C(=O)c2cnoc2C2CC2)c(S(C)(=O)=O)c1. The first kappa shape index (κ1) is 49.4. The van der Waals surface area contributed by atoms with Gasteiger partial charge in [0.1, 0.15) is 11.5 Å². The molecule has 2 aliphatic rings. The van der Waals surface area contributed by atoms with E-state index in [2.05, 4.69) is 10.3 Å². The summed E-state index contributed by atoms with van der Waals surface area (Å²) < 4.78 is 77.2. The van der Waals surface area contributed by atoms with Crippen LogP contribution >= 0.6 is 11.6 Å². The van der Waals surface area contributed by atoms with Crippen LogP contribution in [0, 0.1) is 33.6 Å². The molecule has 0 aliphatic heterocycles. The maximum atomic E-state index is 12.7. The Morgan fingerprint density at radius 2 is 1.19 bits per heavy atom. The number of aromatic nitrogens is 3. The number of halogens is 1. The van der Waals surface area contributed by atoms with Crippen LogP contribution < -0.4 is 5.56 Å². The van der Waals surface area contributed by atoms with Crippen molar-refractivity contribution in [3.8, 4) is 0 Å². The average Bonchev–Trinajstić information content (AvgIpc) is 3.86. The minimum atomic E-state index is -3.57. The molecule has 0 bridgehead atoms. The van der Waals surface area contributed by atoms with E-state index in [9.17, 15) is 54.0 Å². The van der Waals surface area contributed by atoms with Crippen molar-refractivity contribution in [3.63, 3.8) is 0 Å². The molecule has 20 heteroatoms. The van der Waals surface area contributed by atoms with E-state index in [1.165, 1.54) is 55.2 Å². The highest BCUT2D eigenvalue weighted by molar-refractivity contribution is 7.91. The van der Waals surface area contributed by atoms with Crippen LogP contribution in [0.25, 0.3) is 0 Å². The van der Waals surface area contributed by atoms with Crippen molar-refractivity contribution in [2.24, 2.45) is 13.0 Å². The lowest BCUT2D eigenvalue weighted by molar-refractivity contribution is -0.133. The fraction of sp³-hybridized carbons (Fsp3) is 0.341. The number of carbonyl (C=O) groups is 5. The first-order chi connectivity index (χ1) is 29.6. The predicted molar refractivity (Wildman–Crippen MR) is 236 cm³/mol. The van der Waals surface area contributed by atoms with Gasteiger partial charge in [-0.1, -0.05) is 28.9 Å². The van der Waals surface area contributed by atoms with E-state index in [0.717, 1.165) is 42.7 Å². The lowest BCUT2D eigenvalue weighted by Gasteiger charge is -2.19. The van der Waals surface area contributed by atoms with Gasteiger partial charge in [-0.05, 0) is 100 Å². The van der Waals surface area contributed by atoms with Crippen LogP contribution in [0.4, 0.5) is 0 Å². The van der Waals surface area contributed by atoms with Crippen molar-refractivity contribution in [3.05, 3.63) is 126 Å². The summed E-state index contributed by atoms with van der Waals surface area (Å²) in [4.78, 5) is 73.5. The van der Waals surface area contributed by atoms with Crippen LogP contribution in [0.2, 0.25) is 5.02 Å². The Labute approximate surface area is 375 Å². The molecule has 0 unspecified atom stereocenters. The number of carbonyl (C=O) groups excluding carboxylic acids is 5. The zero-order valence-electron chi connectivity index (χ0n) is 36.2. The molecule has 0 amide bonds. The smallest absolute Gasteiger partial charge is 0.277 e. The Bertz CT molecular complexity index is 3140. The first-order valence-corrected chi connectivity index (χ1v) is 25.7. The number of ketones is 5. The van der Waals surface area contributed by atoms with Gasteiger partial charge in [0.2, 0.25) is 5.78 Å². The van der Waals surface area contributed by atoms with Crippen molar-refractivity contribution < 1.29 is 53.7 Å². The normalized spacial score (nSPS) is 14.6. The van der Waals surface area contributed by atoms with Crippen LogP contribution in [0.15, 0.2) is 78.7 Å². The molecular formula is C44H46ClN3O13S3. The first-order valence-electron chi connectivity index (χ1n) is 19.6. The third kappa shape index (κ3) is 10.8. The van der Waals surface area contributed by atoms with Crippen LogP contribution in [-0.2, 0) is 46.1 Å². The van der Waals surface area contributed by atoms with Gasteiger partial charge in [0.05, 0.1) is 31.5 Å². The predicted octanol–water partition coefficient (Wildman–Crippen LogP) is 5.63. The number of aryl methyl sites for hydroxylation is 4. The van der Waals surface area contributed by atoms with Crippen molar-refractivity contribution in [1.29, 1.82) is 0 Å². The number of rotatable bonds is 10. The molecule has 0 saturated heterocycles. The minimum absolute atomic E-state index is 0.0140. The molecule has 0 radical (unpaired) electrons. The molecule has 1 N–H and O–H groups in total. The van der Waals surface area contributed by atoms with Crippen molar-refractivity contribution in [1.82, 2.24) is 14.9 Å². The molecular weight excluding hydrogens is 910 g/mol. The average molecular weight is 957 g/mol. The van der Waals surface area contributed by atoms with E-state index in [1.807, 2.05) is 0 Å². The Kier molecular flexibility index (Phi) is 14.5. The van der Waals surface area contributed by atoms with Crippen molar-refractivity contribution in [2.45, 2.75) is 80.4 Å². The maximum Gasteiger partial charge on any atom is 0.277 e. The number of sulfone groups is 3. The summed E-state index contributed by atoms with van der Waals surface area (Å²) in [6.45, 7) is 6.62. The van der Waals surface area contributed by atoms with E-state index in [4.69, 9.17) is 16.1 Å². The van der Waals surface area contributed by atoms with Gasteiger partial charge in [0.15, 0.2) is 58.4 Å². The zero-order chi connectivity index (χ0) is 47.8. The molecule has 2 saturated carbocycles. The fourth-order valence-electron chi connectivity index (χ4n) is 7.15. The topological polar surface area (TPSA) is 252 Å². The Morgan fingerprint density at radius 3 is 1.64 bits per heavy atom. The maximum absolute atomic E-state index is 12.7. The quantitative estimate of drug-likeness (QED) is 0.132. The zero-order valence-corrected chi connectivity index (χ0v) is 39.4. The third-order valence-corrected chi connectivity index (χ3v) is 14.6. The molecule has 2 fully saturated rings. The molecule has 2 aromatic heterocycles. The van der Waals surface area contributed by atoms with E-state index >= 15 is 0 Å². The van der Waals surface area contributed by atoms with Crippen LogP contribution in [0.5, 0.6) is 0 Å². The van der Waals surface area contributed by atoms with Crippen LogP contribution in [0.1, 0.15) is 108 Å². The van der Waals surface area contributed by atoms with Crippen molar-refractivity contribution in [2.75, 3.05) is 18.8 Å². The number of aromatic amines is 1. The number of hydrogen-bond donors (Lipinski definition) is 1. The second-order valence-electron chi connectivity index (χ2n) is 16.0. The van der Waals surface area contributed by atoms with Gasteiger partial charge in [-0.15, -0.1) is 0 Å². The number of nitrogens with one attached hydrogen (secondary N) is 1. The second kappa shape index (κ2) is 18.8. The van der Waals surface area contributed by atoms with Gasteiger partial charge in [0.25, 0.3) is 5.56 Å². The summed E-state index contributed by atoms with van der Waals surface area (Å²) >= 11 is 6.11. The van der Waals surface area contributed by atoms with Gasteiger partial charge in [0, 0.05) is 67.0 Å². The van der Waals surface area contributed by atoms with Gasteiger partial charge in [-0.3, -0.25) is 38.5 Å². The van der Waals surface area contributed by atoms with E-state index in [-0.39, 0.29) is 72.1 Å². The van der Waals surface area contributed by atoms with Gasteiger partial charge in [-0.2, -0.15) is 0 Å². The Balaban J connectivity index is 0.000000181. The standard InChI is InChI=1S/C15H15ClO5S.C15H15NO4S.C14H16N2O4S/c1-8-12(22(2,20)21)7-6-9(14(8)16)15(19)13-10(17)4-3-5-11(13)18;1-9-3-6-11(13(7-9)21(2,18)19)14(17)12-8-16-20-15(12)10-4-5-10;1-8-5-6-10(11(7-8)21(4,19)20)13(17)12-9(2)15-16(3)14(12)18/h6-7,13H,3-5H2,1-2H3;3,6-8,10H,4-5H2,1-2H3;5-7,15H,1-4H3. The highest BCUT2D eigenvalue weighted by atomic mass is 35.5. The minimum Gasteiger partial charge on any atom is -0.360 e. The van der Waals surface area contributed by atoms with Gasteiger partial charge in [-0.25, -0.2) is 25.3 Å². The van der Waals surface area contributed by atoms with Crippen molar-refractivity contribution >= 4 is 70.0 Å². The number of benzene rings is 3. The molecule has 340 valence electrons. The Morgan fingerprint density at radius 1 is 0.703 bits per heavy atom. The molecule has 5 aromatic rings. The molecule has 0 atom stereocenters. The van der Waals surface area contributed by atoms with E-state index < -0.39 is 64.1 Å². The highest BCUT2D eigenvalue weighted by Crippen LogP contribution is 2.42. The molecule has 7 rings (SSSR count). The molecule has 64 heavy (non-hydrogen) atoms. The summed E-state index contributed by atoms with van der Waals surface area (Å²) in [5.74, 6) is -2.89. The fourth-order valence-corrected chi connectivity index (χ4v) is 10.4. The molecule has 0 spiro atoms. The highest BCUT2D eigenvalue weighted by Gasteiger charge is 2.38. The summed E-state index contributed by atoms with van der Waals surface area (Å²) in [5.41, 5.74) is 2.23. The summed E-state index contributed by atoms with van der Waals surface area (Å²) in [6.07, 6.45) is 7.37. The van der Waals surface area contributed by atoms with Gasteiger partial charge >= 0.3 is 0 Å². The lowest BCUT2D eigenvalue weighted by Crippen LogP contribution is -2.35. The number of hydrogen-bond acceptors (Lipinski definition) is 14. The van der Waals surface area contributed by atoms with Crippen LogP contribution in [0.3, 0.4) is 0 Å². The molecule has 2 heterocycles. The van der Waals surface area contributed by atoms with E-state index in [0.29, 0.717) is 23.4 Å². The van der Waals surface area contributed by atoms with Gasteiger partial charge < -0.3 is 4.52 Å². The number of Topliss-reactive ketones (excluding diaryl/α,β-unsaturated/α-hetero) is 3. The van der Waals surface area contributed by atoms with E-state index in [1.54, 1.807) is 39.0 Å². The Hall–Kier alpha value is -5.63. The molecule has 3 aromatic carbocycles. The summed E-state index contributed by atoms with van der Waals surface area (Å²) in [7, 11) is -9.02. The third-order valence-electron chi connectivity index (χ3n) is 10.6. The summed E-state index contributed by atoms with van der Waals surface area (Å²) in [6, 6.07) is 11.9. The number of H-pyrrole nitrogens is 1. The molecule has 2 aliphatic carbocycles. The summed E-state index contributed by atoms with van der Waals surface area (Å²) in [5, 5.41) is 6.40. The molecule has 16 nitrogen and oxygen atoms in total. The second-order valence-corrected chi connectivity index (χ2v) is 22.3. The largest absolute Gasteiger partial charge is 0.360 e.